The molecule has 0 saturated heterocycles. The summed E-state index contributed by atoms with van der Waals surface area (Å²) in [6, 6.07) is 5.50. The van der Waals surface area contributed by atoms with Gasteiger partial charge in [-0.3, -0.25) is 9.59 Å². The van der Waals surface area contributed by atoms with Crippen LogP contribution in [0.5, 0.6) is 0 Å². The van der Waals surface area contributed by atoms with Crippen LogP contribution in [0.25, 0.3) is 0 Å². The Labute approximate surface area is 154 Å². The number of ether oxygens (including phenoxy) is 1. The number of fused-ring (bicyclic) bond motifs is 1. The first-order valence-corrected chi connectivity index (χ1v) is 8.78. The fraction of sp³-hybridized carbons (Fsp3) is 0.526. The number of urea groups is 1. The van der Waals surface area contributed by atoms with Gasteiger partial charge in [0.1, 0.15) is 5.60 Å². The lowest BCUT2D eigenvalue weighted by Gasteiger charge is -2.30. The van der Waals surface area contributed by atoms with E-state index in [0.717, 1.165) is 16.8 Å². The third-order valence-corrected chi connectivity index (χ3v) is 3.89. The summed E-state index contributed by atoms with van der Waals surface area (Å²) in [5, 5.41) is 5.60. The topological polar surface area (TPSA) is 87.7 Å². The molecule has 0 atom stereocenters. The van der Waals surface area contributed by atoms with Crippen molar-refractivity contribution < 1.29 is 19.1 Å². The van der Waals surface area contributed by atoms with Crippen molar-refractivity contribution >= 4 is 23.6 Å². The molecule has 0 aromatic heterocycles. The van der Waals surface area contributed by atoms with E-state index in [9.17, 15) is 14.4 Å². The molecule has 0 bridgehead atoms. The number of rotatable bonds is 4. The molecule has 0 radical (unpaired) electrons. The minimum absolute atomic E-state index is 0.110. The van der Waals surface area contributed by atoms with Crippen molar-refractivity contribution in [2.24, 2.45) is 0 Å². The molecular formula is C19H27N3O4. The lowest BCUT2D eigenvalue weighted by Crippen LogP contribution is -2.43. The summed E-state index contributed by atoms with van der Waals surface area (Å²) in [6.45, 7) is 8.18. The van der Waals surface area contributed by atoms with E-state index in [0.29, 0.717) is 19.5 Å². The Kier molecular flexibility index (Phi) is 6.23. The van der Waals surface area contributed by atoms with Crippen LogP contribution in [0, 0.1) is 0 Å². The smallest absolute Gasteiger partial charge is 0.317 e. The Morgan fingerprint density at radius 3 is 2.62 bits per heavy atom. The normalized spacial score (nSPS) is 13.6. The van der Waals surface area contributed by atoms with Crippen molar-refractivity contribution in [1.29, 1.82) is 0 Å². The van der Waals surface area contributed by atoms with Gasteiger partial charge in [0.05, 0.1) is 6.42 Å². The van der Waals surface area contributed by atoms with Gasteiger partial charge in [-0.05, 0) is 44.4 Å². The summed E-state index contributed by atoms with van der Waals surface area (Å²) in [6.07, 6.45) is 0.811. The van der Waals surface area contributed by atoms with Crippen LogP contribution in [0.3, 0.4) is 0 Å². The maximum atomic E-state index is 12.3. The number of nitrogens with one attached hydrogen (secondary N) is 2. The predicted octanol–water partition coefficient (Wildman–Crippen LogP) is 2.44. The molecule has 0 fully saturated rings. The first-order valence-electron chi connectivity index (χ1n) is 8.78. The standard InChI is InChI=1S/C19H27N3O4/c1-13(23)21-16-7-5-6-14-12-22(11-9-15(14)16)18(25)20-10-8-17(24)26-19(2,3)4/h5-7H,8-12H2,1-4H3,(H,20,25)(H,21,23). The molecule has 0 aliphatic carbocycles. The molecule has 2 rings (SSSR count). The summed E-state index contributed by atoms with van der Waals surface area (Å²) in [7, 11) is 0. The highest BCUT2D eigenvalue weighted by molar-refractivity contribution is 5.90. The molecule has 7 heteroatoms. The summed E-state index contributed by atoms with van der Waals surface area (Å²) in [5.74, 6) is -0.442. The van der Waals surface area contributed by atoms with Gasteiger partial charge in [-0.25, -0.2) is 4.79 Å². The zero-order valence-electron chi connectivity index (χ0n) is 15.8. The highest BCUT2D eigenvalue weighted by Gasteiger charge is 2.23. The van der Waals surface area contributed by atoms with E-state index in [1.54, 1.807) is 4.90 Å². The molecule has 1 aromatic carbocycles. The molecule has 3 amide bonds. The fourth-order valence-corrected chi connectivity index (χ4v) is 2.87. The highest BCUT2D eigenvalue weighted by atomic mass is 16.6. The van der Waals surface area contributed by atoms with Gasteiger partial charge in [-0.1, -0.05) is 12.1 Å². The van der Waals surface area contributed by atoms with E-state index < -0.39 is 5.60 Å². The molecule has 1 aromatic rings. The number of benzene rings is 1. The largest absolute Gasteiger partial charge is 0.460 e. The molecule has 142 valence electrons. The third-order valence-electron chi connectivity index (χ3n) is 3.89. The van der Waals surface area contributed by atoms with Crippen LogP contribution in [0.2, 0.25) is 0 Å². The summed E-state index contributed by atoms with van der Waals surface area (Å²) >= 11 is 0. The Morgan fingerprint density at radius 2 is 1.96 bits per heavy atom. The SMILES string of the molecule is CC(=O)Nc1cccc2c1CCN(C(=O)NCCC(=O)OC(C)(C)C)C2. The predicted molar refractivity (Wildman–Crippen MR) is 98.7 cm³/mol. The van der Waals surface area contributed by atoms with Crippen LogP contribution in [-0.2, 0) is 27.3 Å². The zero-order chi connectivity index (χ0) is 19.3. The second-order valence-corrected chi connectivity index (χ2v) is 7.36. The Bertz CT molecular complexity index is 695. The number of nitrogens with zero attached hydrogens (tertiary/aromatic N) is 1. The molecule has 0 saturated carbocycles. The van der Waals surface area contributed by atoms with E-state index in [1.807, 2.05) is 39.0 Å². The van der Waals surface area contributed by atoms with E-state index >= 15 is 0 Å². The summed E-state index contributed by atoms with van der Waals surface area (Å²) in [4.78, 5) is 37.0. The molecule has 1 heterocycles. The summed E-state index contributed by atoms with van der Waals surface area (Å²) < 4.78 is 5.22. The van der Waals surface area contributed by atoms with Crippen molar-refractivity contribution in [2.75, 3.05) is 18.4 Å². The molecule has 0 spiro atoms. The van der Waals surface area contributed by atoms with Crippen molar-refractivity contribution in [2.45, 2.75) is 52.7 Å². The first-order chi connectivity index (χ1) is 12.2. The molecule has 7 nitrogen and oxygen atoms in total. The average molecular weight is 361 g/mol. The maximum Gasteiger partial charge on any atom is 0.317 e. The van der Waals surface area contributed by atoms with Gasteiger partial charge in [0.25, 0.3) is 0 Å². The van der Waals surface area contributed by atoms with Crippen LogP contribution in [0.1, 0.15) is 45.2 Å². The fourth-order valence-electron chi connectivity index (χ4n) is 2.87. The van der Waals surface area contributed by atoms with Crippen molar-refractivity contribution in [3.63, 3.8) is 0 Å². The lowest BCUT2D eigenvalue weighted by atomic mass is 9.98. The molecule has 0 unspecified atom stereocenters. The van der Waals surface area contributed by atoms with Crippen LogP contribution in [0.15, 0.2) is 18.2 Å². The van der Waals surface area contributed by atoms with Gasteiger partial charge in [-0.2, -0.15) is 0 Å². The molecule has 1 aliphatic rings. The van der Waals surface area contributed by atoms with Crippen LogP contribution >= 0.6 is 0 Å². The molecular weight excluding hydrogens is 334 g/mol. The van der Waals surface area contributed by atoms with Gasteiger partial charge >= 0.3 is 12.0 Å². The number of carbonyl (C=O) groups excluding carboxylic acids is 3. The van der Waals surface area contributed by atoms with Crippen LogP contribution in [0.4, 0.5) is 10.5 Å². The molecule has 2 N–H and O–H groups in total. The average Bonchev–Trinajstić information content (AvgIpc) is 2.52. The highest BCUT2D eigenvalue weighted by Crippen LogP contribution is 2.26. The van der Waals surface area contributed by atoms with Crippen LogP contribution in [-0.4, -0.2) is 41.5 Å². The Morgan fingerprint density at radius 1 is 1.23 bits per heavy atom. The number of esters is 1. The number of anilines is 1. The minimum Gasteiger partial charge on any atom is -0.460 e. The minimum atomic E-state index is -0.525. The third kappa shape index (κ3) is 5.75. The second kappa shape index (κ2) is 8.21. The second-order valence-electron chi connectivity index (χ2n) is 7.36. The number of amides is 3. The van der Waals surface area contributed by atoms with E-state index in [4.69, 9.17) is 4.74 Å². The van der Waals surface area contributed by atoms with Gasteiger partial charge in [0.15, 0.2) is 0 Å². The van der Waals surface area contributed by atoms with E-state index in [-0.39, 0.29) is 30.9 Å². The van der Waals surface area contributed by atoms with E-state index in [1.165, 1.54) is 6.92 Å². The molecule has 1 aliphatic heterocycles. The Hall–Kier alpha value is -2.57. The van der Waals surface area contributed by atoms with Crippen molar-refractivity contribution in [3.8, 4) is 0 Å². The molecule has 26 heavy (non-hydrogen) atoms. The Balaban J connectivity index is 1.87. The van der Waals surface area contributed by atoms with Crippen LogP contribution < -0.4 is 10.6 Å². The van der Waals surface area contributed by atoms with Crippen molar-refractivity contribution in [3.05, 3.63) is 29.3 Å². The van der Waals surface area contributed by atoms with Gasteiger partial charge in [0.2, 0.25) is 5.91 Å². The number of hydrogen-bond donors (Lipinski definition) is 2. The van der Waals surface area contributed by atoms with Gasteiger partial charge < -0.3 is 20.3 Å². The zero-order valence-corrected chi connectivity index (χ0v) is 15.8. The maximum absolute atomic E-state index is 12.3. The number of carbonyl (C=O) groups is 3. The van der Waals surface area contributed by atoms with Gasteiger partial charge in [0, 0.05) is 32.2 Å². The first kappa shape index (κ1) is 19.8. The van der Waals surface area contributed by atoms with Gasteiger partial charge in [-0.15, -0.1) is 0 Å². The number of hydrogen-bond acceptors (Lipinski definition) is 4. The van der Waals surface area contributed by atoms with E-state index in [2.05, 4.69) is 10.6 Å². The quantitative estimate of drug-likeness (QED) is 0.807. The summed E-state index contributed by atoms with van der Waals surface area (Å²) in [5.41, 5.74) is 2.37. The van der Waals surface area contributed by atoms with Crippen molar-refractivity contribution in [1.82, 2.24) is 10.2 Å². The monoisotopic (exact) mass is 361 g/mol. The lowest BCUT2D eigenvalue weighted by molar-refractivity contribution is -0.154.